The Morgan fingerprint density at radius 1 is 0.936 bits per heavy atom. The molecule has 0 radical (unpaired) electrons. The van der Waals surface area contributed by atoms with Gasteiger partial charge in [-0.15, -0.1) is 0 Å². The second kappa shape index (κ2) is 16.1. The molecule has 13 heteroatoms. The highest BCUT2D eigenvalue weighted by molar-refractivity contribution is 6.01. The average molecular weight is 671 g/mol. The van der Waals surface area contributed by atoms with Crippen LogP contribution in [0.3, 0.4) is 0 Å². The lowest BCUT2D eigenvalue weighted by Crippen LogP contribution is -2.70. The van der Waals surface area contributed by atoms with Crippen LogP contribution in [0.5, 0.6) is 0 Å². The van der Waals surface area contributed by atoms with Gasteiger partial charge in [-0.3, -0.25) is 28.8 Å². The molecule has 1 unspecified atom stereocenters. The summed E-state index contributed by atoms with van der Waals surface area (Å²) in [5, 5.41) is 27.0. The van der Waals surface area contributed by atoms with Crippen LogP contribution in [0, 0.1) is 28.6 Å². The molecule has 0 saturated heterocycles. The number of alkyl halides is 1. The van der Waals surface area contributed by atoms with Gasteiger partial charge in [0.1, 0.15) is 0 Å². The van der Waals surface area contributed by atoms with Gasteiger partial charge in [-0.1, -0.05) is 53.2 Å². The summed E-state index contributed by atoms with van der Waals surface area (Å²) in [7, 11) is 0. The van der Waals surface area contributed by atoms with Gasteiger partial charge in [0.15, 0.2) is 23.7 Å². The van der Waals surface area contributed by atoms with E-state index in [-0.39, 0.29) is 49.3 Å². The van der Waals surface area contributed by atoms with E-state index in [0.29, 0.717) is 24.8 Å². The summed E-state index contributed by atoms with van der Waals surface area (Å²) in [6.45, 7) is 11.3. The Bertz CT molecular complexity index is 1260. The summed E-state index contributed by atoms with van der Waals surface area (Å²) in [6.07, 6.45) is 4.76. The molecule has 12 nitrogen and oxygen atoms in total. The van der Waals surface area contributed by atoms with Crippen molar-refractivity contribution in [2.45, 2.75) is 117 Å². The van der Waals surface area contributed by atoms with E-state index in [2.05, 4.69) is 0 Å². The number of carboxylic acid groups (broad SMARTS) is 2. The number of allylic oxidation sites excluding steroid dienone is 4. The van der Waals surface area contributed by atoms with Crippen molar-refractivity contribution in [3.8, 4) is 0 Å². The minimum Gasteiger partial charge on any atom is -0.481 e. The first-order valence-corrected chi connectivity index (χ1v) is 16.0. The quantitative estimate of drug-likeness (QED) is 0.314. The SMILES string of the molecule is CCC(=O)O.CCC(=O)O.CCC(=O)OCC(=O)[C@@]1(OC(=O)CC)[C@@H](C)C[C@H]2[C@@H]3CCC4=CC(=O)C=C[C@]4(C)C3(F)[C@@H](O)C[C@@]21C.O. The Balaban J connectivity index is 0.000000878. The van der Waals surface area contributed by atoms with Gasteiger partial charge < -0.3 is 30.3 Å². The fourth-order valence-corrected chi connectivity index (χ4v) is 8.01. The molecule has 266 valence electrons. The fraction of sp³-hybridized carbons (Fsp3) is 0.706. The van der Waals surface area contributed by atoms with Crippen molar-refractivity contribution in [1.29, 1.82) is 0 Å². The number of Topliss-reactive ketones (excluding diaryl/α,β-unsaturated/α-hetero) is 1. The van der Waals surface area contributed by atoms with Crippen LogP contribution in [0.25, 0.3) is 0 Å². The van der Waals surface area contributed by atoms with E-state index in [1.807, 2.05) is 6.92 Å². The first-order valence-electron chi connectivity index (χ1n) is 16.0. The number of aliphatic carboxylic acids is 2. The molecule has 0 spiro atoms. The molecule has 0 heterocycles. The largest absolute Gasteiger partial charge is 0.481 e. The molecule has 4 aliphatic carbocycles. The topological polar surface area (TPSA) is 213 Å². The number of carbonyl (C=O) groups is 6. The number of rotatable bonds is 8. The lowest BCUT2D eigenvalue weighted by atomic mass is 9.44. The fourth-order valence-electron chi connectivity index (χ4n) is 8.01. The van der Waals surface area contributed by atoms with E-state index < -0.39 is 76.3 Å². The molecule has 0 aromatic heterocycles. The average Bonchev–Trinajstić information content (AvgIpc) is 3.23. The predicted octanol–water partition coefficient (Wildman–Crippen LogP) is 3.95. The third kappa shape index (κ3) is 7.51. The zero-order valence-electron chi connectivity index (χ0n) is 28.4. The van der Waals surface area contributed by atoms with Crippen LogP contribution in [0.15, 0.2) is 23.8 Å². The van der Waals surface area contributed by atoms with E-state index in [0.717, 1.165) is 0 Å². The minimum absolute atomic E-state index is 0. The van der Waals surface area contributed by atoms with Crippen LogP contribution in [0.1, 0.15) is 99.8 Å². The van der Waals surface area contributed by atoms with Crippen LogP contribution < -0.4 is 0 Å². The number of carbonyl (C=O) groups excluding carboxylic acids is 4. The van der Waals surface area contributed by atoms with Crippen molar-refractivity contribution in [2.75, 3.05) is 6.61 Å². The Kier molecular flexibility index (Phi) is 14.2. The van der Waals surface area contributed by atoms with Gasteiger partial charge in [0.2, 0.25) is 5.78 Å². The highest BCUT2D eigenvalue weighted by atomic mass is 19.1. The van der Waals surface area contributed by atoms with Crippen molar-refractivity contribution in [3.63, 3.8) is 0 Å². The first-order chi connectivity index (χ1) is 21.4. The number of aliphatic hydroxyl groups excluding tert-OH is 1. The molecule has 0 amide bonds. The van der Waals surface area contributed by atoms with Gasteiger partial charge in [-0.25, -0.2) is 4.39 Å². The Morgan fingerprint density at radius 3 is 1.96 bits per heavy atom. The van der Waals surface area contributed by atoms with Crippen molar-refractivity contribution in [1.82, 2.24) is 0 Å². The van der Waals surface area contributed by atoms with Crippen LogP contribution in [0.2, 0.25) is 0 Å². The van der Waals surface area contributed by atoms with Crippen LogP contribution in [0.4, 0.5) is 4.39 Å². The Hall–Kier alpha value is -3.45. The van der Waals surface area contributed by atoms with Gasteiger partial charge in [-0.05, 0) is 50.7 Å². The zero-order valence-corrected chi connectivity index (χ0v) is 28.4. The molecule has 3 saturated carbocycles. The predicted molar refractivity (Wildman–Crippen MR) is 168 cm³/mol. The minimum atomic E-state index is -2.05. The van der Waals surface area contributed by atoms with Crippen molar-refractivity contribution in [2.24, 2.45) is 28.6 Å². The van der Waals surface area contributed by atoms with Crippen molar-refractivity contribution in [3.05, 3.63) is 23.8 Å². The molecule has 4 aliphatic rings. The van der Waals surface area contributed by atoms with E-state index in [1.54, 1.807) is 47.6 Å². The number of ether oxygens (including phenoxy) is 2. The van der Waals surface area contributed by atoms with Crippen molar-refractivity contribution < 1.29 is 63.4 Å². The van der Waals surface area contributed by atoms with Crippen LogP contribution in [-0.4, -0.2) is 80.2 Å². The highest BCUT2D eigenvalue weighted by Crippen LogP contribution is 2.71. The van der Waals surface area contributed by atoms with Gasteiger partial charge >= 0.3 is 23.9 Å². The summed E-state index contributed by atoms with van der Waals surface area (Å²) < 4.78 is 28.5. The summed E-state index contributed by atoms with van der Waals surface area (Å²) in [6, 6.07) is 0. The van der Waals surface area contributed by atoms with E-state index in [4.69, 9.17) is 19.7 Å². The molecule has 0 aromatic rings. The molecule has 0 aromatic carbocycles. The van der Waals surface area contributed by atoms with Gasteiger partial charge in [-0.2, -0.15) is 0 Å². The van der Waals surface area contributed by atoms with E-state index >= 15 is 4.39 Å². The number of hydrogen-bond donors (Lipinski definition) is 3. The number of aliphatic hydroxyl groups is 1. The lowest BCUT2D eigenvalue weighted by Gasteiger charge is -2.62. The molecule has 0 bridgehead atoms. The van der Waals surface area contributed by atoms with Gasteiger partial charge in [0, 0.05) is 48.3 Å². The first kappa shape index (κ1) is 41.6. The standard InChI is InChI=1S/C28H37FO7.2C3H6O2.H2O/c1-6-23(33)35-15-22(32)28(36-24(34)7-2)16(3)12-20-19-9-8-17-13-18(30)10-11-25(17,4)27(19,29)21(31)14-26(20,28)5;2*1-2-3(4)5;/h10-11,13,16,19-21,31H,6-9,12,14-15H2,1-5H3;2*2H2,1H3,(H,4,5);1H2/t16-,19-,20-,21-,25-,26-,27?,28-;;;/m0.../s1. The second-order valence-electron chi connectivity index (χ2n) is 12.9. The summed E-state index contributed by atoms with van der Waals surface area (Å²) in [5.41, 5.74) is -5.26. The Labute approximate surface area is 275 Å². The monoisotopic (exact) mass is 670 g/mol. The number of hydrogen-bond acceptors (Lipinski definition) is 9. The third-order valence-electron chi connectivity index (χ3n) is 10.4. The molecule has 0 aliphatic heterocycles. The summed E-state index contributed by atoms with van der Waals surface area (Å²) in [5.74, 6) is -4.80. The maximum absolute atomic E-state index is 17.4. The highest BCUT2D eigenvalue weighted by Gasteiger charge is 2.77. The lowest BCUT2D eigenvalue weighted by molar-refractivity contribution is -0.228. The molecule has 4 rings (SSSR count). The van der Waals surface area contributed by atoms with E-state index in [1.165, 1.54) is 12.2 Å². The molecule has 3 fully saturated rings. The normalized spacial score (nSPS) is 34.6. The Morgan fingerprint density at radius 2 is 1.47 bits per heavy atom. The van der Waals surface area contributed by atoms with Gasteiger partial charge in [0.25, 0.3) is 0 Å². The molecular weight excluding hydrogens is 619 g/mol. The number of fused-ring (bicyclic) bond motifs is 5. The molecule has 47 heavy (non-hydrogen) atoms. The summed E-state index contributed by atoms with van der Waals surface area (Å²) >= 11 is 0. The zero-order chi connectivity index (χ0) is 35.3. The van der Waals surface area contributed by atoms with Crippen LogP contribution >= 0.6 is 0 Å². The smallest absolute Gasteiger partial charge is 0.306 e. The van der Waals surface area contributed by atoms with Gasteiger partial charge in [0.05, 0.1) is 6.10 Å². The maximum atomic E-state index is 17.4. The van der Waals surface area contributed by atoms with E-state index in [9.17, 15) is 33.9 Å². The van der Waals surface area contributed by atoms with Crippen LogP contribution in [-0.2, 0) is 38.2 Å². The summed E-state index contributed by atoms with van der Waals surface area (Å²) in [4.78, 5) is 69.1. The molecular formula is C34H51FO12. The molecule has 8 atom stereocenters. The maximum Gasteiger partial charge on any atom is 0.306 e. The van der Waals surface area contributed by atoms with Crippen molar-refractivity contribution >= 4 is 35.4 Å². The number of ketones is 2. The number of esters is 2. The second-order valence-corrected chi connectivity index (χ2v) is 12.9. The number of carboxylic acids is 2. The molecule has 5 N–H and O–H groups in total. The number of halogens is 1. The third-order valence-corrected chi connectivity index (χ3v) is 10.4.